The zero-order valence-electron chi connectivity index (χ0n) is 3.52. The molecular weight excluding hydrogens is 64.8 g/mol. The van der Waals surface area contributed by atoms with Crippen molar-refractivity contribution in [2.24, 2.45) is 5.73 Å². The van der Waals surface area contributed by atoms with E-state index in [0.717, 1.165) is 0 Å². The van der Waals surface area contributed by atoms with E-state index >= 15 is 0 Å². The van der Waals surface area contributed by atoms with Crippen molar-refractivity contribution >= 4 is 7.85 Å². The van der Waals surface area contributed by atoms with Crippen molar-refractivity contribution in [1.29, 1.82) is 0 Å². The van der Waals surface area contributed by atoms with Gasteiger partial charge >= 0.3 is 0 Å². The summed E-state index contributed by atoms with van der Waals surface area (Å²) in [5, 5.41) is 8.30. The zero-order valence-corrected chi connectivity index (χ0v) is 3.52. The Kier molecular flexibility index (Phi) is 0.988. The minimum Gasteiger partial charge on any atom is -0.385 e. The molecule has 0 amide bonds. The lowest BCUT2D eigenvalue weighted by Gasteiger charge is -2.05. The molecule has 30 valence electrons. The van der Waals surface area contributed by atoms with Crippen molar-refractivity contribution in [3.63, 3.8) is 0 Å². The fourth-order valence-electron chi connectivity index (χ4n) is 0. The van der Waals surface area contributed by atoms with Gasteiger partial charge in [-0.25, -0.2) is 0 Å². The molecule has 0 fully saturated rings. The monoisotopic (exact) mass is 73.1 g/mol. The highest BCUT2D eigenvalue weighted by atomic mass is 16.3. The molecule has 0 aromatic carbocycles. The Balaban J connectivity index is 3.02. The van der Waals surface area contributed by atoms with Gasteiger partial charge in [-0.05, 0) is 6.92 Å². The molecule has 0 saturated carbocycles. The van der Waals surface area contributed by atoms with Crippen LogP contribution in [-0.2, 0) is 0 Å². The zero-order chi connectivity index (χ0) is 4.50. The van der Waals surface area contributed by atoms with Crippen LogP contribution in [0.5, 0.6) is 0 Å². The number of aliphatic hydroxyl groups is 1. The minimum absolute atomic E-state index is 1.00. The van der Waals surface area contributed by atoms with Crippen LogP contribution in [0.2, 0.25) is 0 Å². The maximum absolute atomic E-state index is 8.30. The average molecular weight is 72.9 g/mol. The summed E-state index contributed by atoms with van der Waals surface area (Å²) in [5.74, 6) is 0. The van der Waals surface area contributed by atoms with Crippen molar-refractivity contribution < 1.29 is 5.11 Å². The maximum Gasteiger partial charge on any atom is 0.161 e. The fraction of sp³-hybridized carbons (Fsp3) is 1.00. The highest BCUT2D eigenvalue weighted by Crippen LogP contribution is 1.75. The average Bonchev–Trinajstić information content (AvgIpc) is 0.722. The maximum atomic E-state index is 8.30. The molecule has 5 heavy (non-hydrogen) atoms. The smallest absolute Gasteiger partial charge is 0.161 e. The molecular formula is C2H8BNO. The van der Waals surface area contributed by atoms with E-state index in [1.165, 1.54) is 14.8 Å². The van der Waals surface area contributed by atoms with Crippen LogP contribution < -0.4 is 5.73 Å². The van der Waals surface area contributed by atoms with Crippen LogP contribution in [0.15, 0.2) is 0 Å². The second kappa shape index (κ2) is 0.991. The van der Waals surface area contributed by atoms with Crippen molar-refractivity contribution in [2.45, 2.75) is 12.5 Å². The third kappa shape index (κ3) is 69200. The summed E-state index contributed by atoms with van der Waals surface area (Å²) >= 11 is 0. The Hall–Kier alpha value is -0.0151. The molecule has 0 aliphatic heterocycles. The van der Waals surface area contributed by atoms with E-state index in [-0.39, 0.29) is 0 Å². The summed E-state index contributed by atoms with van der Waals surface area (Å²) in [6.45, 7) is 1.52. The van der Waals surface area contributed by atoms with E-state index in [0.29, 0.717) is 0 Å². The normalized spacial score (nSPS) is 21.4. The molecule has 0 aromatic rings. The summed E-state index contributed by atoms with van der Waals surface area (Å²) in [7, 11) is 1.52. The van der Waals surface area contributed by atoms with E-state index in [9.17, 15) is 0 Å². The van der Waals surface area contributed by atoms with E-state index in [4.69, 9.17) is 10.8 Å². The van der Waals surface area contributed by atoms with Crippen LogP contribution in [-0.4, -0.2) is 18.6 Å². The van der Waals surface area contributed by atoms with Crippen molar-refractivity contribution in [2.75, 3.05) is 0 Å². The van der Waals surface area contributed by atoms with Gasteiger partial charge in [-0.1, -0.05) is 0 Å². The van der Waals surface area contributed by atoms with Gasteiger partial charge in [0.25, 0.3) is 0 Å². The topological polar surface area (TPSA) is 46.2 Å². The Morgan fingerprint density at radius 1 is 2.00 bits per heavy atom. The summed E-state index contributed by atoms with van der Waals surface area (Å²) < 4.78 is 0. The Morgan fingerprint density at radius 2 is 2.00 bits per heavy atom. The first kappa shape index (κ1) is 4.98. The van der Waals surface area contributed by atoms with E-state index in [1.807, 2.05) is 0 Å². The second-order valence-corrected chi connectivity index (χ2v) is 1.65. The lowest BCUT2D eigenvalue weighted by atomic mass is 9.95. The van der Waals surface area contributed by atoms with Crippen LogP contribution in [0.1, 0.15) is 6.92 Å². The number of hydrogen-bond donors (Lipinski definition) is 2. The SMILES string of the molecule is BC(C)(N)O. The standard InChI is InChI=1S/C2H8BNO/c1-2(3,4)5/h5H,3-4H2,1H3. The molecule has 0 heterocycles. The minimum atomic E-state index is -1.00. The molecule has 0 aromatic heterocycles. The molecule has 0 aliphatic rings. The largest absolute Gasteiger partial charge is 0.385 e. The van der Waals surface area contributed by atoms with Crippen molar-refractivity contribution in [3.8, 4) is 0 Å². The van der Waals surface area contributed by atoms with Gasteiger partial charge in [-0.15, -0.1) is 0 Å². The molecule has 1 unspecified atom stereocenters. The molecule has 0 spiro atoms. The quantitative estimate of drug-likeness (QED) is 0.263. The van der Waals surface area contributed by atoms with Gasteiger partial charge < -0.3 is 10.8 Å². The van der Waals surface area contributed by atoms with Gasteiger partial charge in [0.15, 0.2) is 7.85 Å². The second-order valence-electron chi connectivity index (χ2n) is 1.65. The predicted octanol–water partition coefficient (Wildman–Crippen LogP) is -1.76. The molecule has 0 radical (unpaired) electrons. The molecule has 0 bridgehead atoms. The summed E-state index contributed by atoms with van der Waals surface area (Å²) in [5.41, 5.74) is 3.91. The van der Waals surface area contributed by atoms with Crippen LogP contribution in [0.25, 0.3) is 0 Å². The van der Waals surface area contributed by atoms with Gasteiger partial charge in [0.1, 0.15) is 0 Å². The highest BCUT2D eigenvalue weighted by Gasteiger charge is 1.98. The summed E-state index contributed by atoms with van der Waals surface area (Å²) in [6, 6.07) is 0. The van der Waals surface area contributed by atoms with E-state index in [1.54, 1.807) is 0 Å². The molecule has 0 aliphatic carbocycles. The summed E-state index contributed by atoms with van der Waals surface area (Å²) in [6.07, 6.45) is 0. The van der Waals surface area contributed by atoms with Crippen molar-refractivity contribution in [1.82, 2.24) is 0 Å². The predicted molar refractivity (Wildman–Crippen MR) is 23.4 cm³/mol. The molecule has 3 N–H and O–H groups in total. The van der Waals surface area contributed by atoms with Crippen LogP contribution in [0.3, 0.4) is 0 Å². The van der Waals surface area contributed by atoms with Crippen LogP contribution in [0.4, 0.5) is 0 Å². The fourth-order valence-corrected chi connectivity index (χ4v) is 0. The van der Waals surface area contributed by atoms with Crippen molar-refractivity contribution in [3.05, 3.63) is 0 Å². The molecule has 3 heteroatoms. The van der Waals surface area contributed by atoms with E-state index < -0.39 is 5.62 Å². The first-order chi connectivity index (χ1) is 2.00. The van der Waals surface area contributed by atoms with Crippen LogP contribution in [0, 0.1) is 0 Å². The molecule has 1 atom stereocenters. The van der Waals surface area contributed by atoms with Crippen LogP contribution >= 0.6 is 0 Å². The lowest BCUT2D eigenvalue weighted by Crippen LogP contribution is -2.35. The number of hydrogen-bond acceptors (Lipinski definition) is 2. The lowest BCUT2D eigenvalue weighted by molar-refractivity contribution is 0.157. The number of nitrogens with two attached hydrogens (primary N) is 1. The van der Waals surface area contributed by atoms with Gasteiger partial charge in [-0.3, -0.25) is 0 Å². The summed E-state index contributed by atoms with van der Waals surface area (Å²) in [4.78, 5) is 0. The molecule has 0 saturated heterocycles. The van der Waals surface area contributed by atoms with Gasteiger partial charge in [0, 0.05) is 0 Å². The Bertz CT molecular complexity index is 25.1. The first-order valence-electron chi connectivity index (χ1n) is 1.51. The van der Waals surface area contributed by atoms with Gasteiger partial charge in [-0.2, -0.15) is 0 Å². The Labute approximate surface area is 32.4 Å². The molecule has 0 rings (SSSR count). The Morgan fingerprint density at radius 3 is 2.00 bits per heavy atom. The third-order valence-electron chi connectivity index (χ3n) is 0. The van der Waals surface area contributed by atoms with Gasteiger partial charge in [0.05, 0.1) is 5.62 Å². The third-order valence-corrected chi connectivity index (χ3v) is 0. The highest BCUT2D eigenvalue weighted by molar-refractivity contribution is 6.13. The van der Waals surface area contributed by atoms with E-state index in [2.05, 4.69) is 0 Å². The number of rotatable bonds is 0. The first-order valence-corrected chi connectivity index (χ1v) is 1.51. The van der Waals surface area contributed by atoms with Gasteiger partial charge in [0.2, 0.25) is 0 Å². The molecule has 2 nitrogen and oxygen atoms in total.